The molecule has 6 nitrogen and oxygen atoms in total. The molecule has 0 aliphatic heterocycles. The largest absolute Gasteiger partial charge is 0.453 e. The van der Waals surface area contributed by atoms with Crippen molar-refractivity contribution in [2.24, 2.45) is 0 Å². The molecule has 2 aromatic carbocycles. The number of rotatable bonds is 12. The second-order valence-corrected chi connectivity index (χ2v) is 10.1. The van der Waals surface area contributed by atoms with Gasteiger partial charge in [-0.2, -0.15) is 0 Å². The van der Waals surface area contributed by atoms with Crippen molar-refractivity contribution in [2.75, 3.05) is 0 Å². The Morgan fingerprint density at radius 3 is 1.84 bits per heavy atom. The third-order valence-electron chi connectivity index (χ3n) is 5.96. The van der Waals surface area contributed by atoms with Gasteiger partial charge in [0.2, 0.25) is 0 Å². The molecule has 0 radical (unpaired) electrons. The van der Waals surface area contributed by atoms with Crippen LogP contribution in [0.1, 0.15) is 91.9 Å². The molecule has 0 unspecified atom stereocenters. The van der Waals surface area contributed by atoms with Gasteiger partial charge in [-0.15, -0.1) is 0 Å². The molecule has 2 heterocycles. The summed E-state index contributed by atoms with van der Waals surface area (Å²) in [5, 5.41) is 18.8. The lowest BCUT2D eigenvalue weighted by Crippen LogP contribution is -2.09. The lowest BCUT2D eigenvalue weighted by Gasteiger charge is -2.00. The number of carbonyl (C=O) groups excluding carboxylic acids is 2. The maximum absolute atomic E-state index is 10.6. The molecule has 204 valence electrons. The first kappa shape index (κ1) is 31.5. The van der Waals surface area contributed by atoms with E-state index in [0.717, 1.165) is 52.0 Å². The summed E-state index contributed by atoms with van der Waals surface area (Å²) in [6.07, 6.45) is 12.6. The van der Waals surface area contributed by atoms with Crippen LogP contribution in [-0.4, -0.2) is 29.7 Å². The zero-order valence-corrected chi connectivity index (χ0v) is 23.9. The van der Waals surface area contributed by atoms with Crippen LogP contribution in [0.3, 0.4) is 0 Å². The van der Waals surface area contributed by atoms with E-state index in [-0.39, 0.29) is 0 Å². The molecule has 38 heavy (non-hydrogen) atoms. The van der Waals surface area contributed by atoms with E-state index in [0.29, 0.717) is 24.1 Å². The highest BCUT2D eigenvalue weighted by Gasteiger charge is 2.05. The minimum atomic E-state index is -1.10. The van der Waals surface area contributed by atoms with Gasteiger partial charge in [0, 0.05) is 15.2 Å². The van der Waals surface area contributed by atoms with Gasteiger partial charge in [-0.05, 0) is 67.2 Å². The number of unbranched alkanes of at least 4 members (excludes halogenated alkanes) is 6. The number of hydrogen-bond acceptors (Lipinski definition) is 6. The van der Waals surface area contributed by atoms with Gasteiger partial charge in [0.25, 0.3) is 0 Å². The highest BCUT2D eigenvalue weighted by molar-refractivity contribution is 9.10. The van der Waals surface area contributed by atoms with Crippen LogP contribution in [0, 0.1) is 0 Å². The van der Waals surface area contributed by atoms with Crippen LogP contribution in [-0.2, 0) is 6.42 Å². The van der Waals surface area contributed by atoms with Crippen LogP contribution in [0.2, 0.25) is 6.32 Å². The Balaban J connectivity index is 0.000000212. The van der Waals surface area contributed by atoms with Crippen LogP contribution in [0.15, 0.2) is 61.8 Å². The van der Waals surface area contributed by atoms with Crippen molar-refractivity contribution >= 4 is 57.6 Å². The summed E-state index contributed by atoms with van der Waals surface area (Å²) < 4.78 is 11.5. The highest BCUT2D eigenvalue weighted by Crippen LogP contribution is 2.23. The topological polar surface area (TPSA) is 101 Å². The van der Waals surface area contributed by atoms with E-state index in [9.17, 15) is 9.59 Å². The Hall–Kier alpha value is -2.68. The molecule has 0 atom stereocenters. The quantitative estimate of drug-likeness (QED) is 0.0984. The molecule has 0 fully saturated rings. The fraction of sp³-hybridized carbons (Fsp3) is 0.400. The number of benzene rings is 2. The minimum absolute atomic E-state index is 0.364. The number of carbonyl (C=O) groups is 2. The summed E-state index contributed by atoms with van der Waals surface area (Å²) in [6.45, 7) is 4.36. The van der Waals surface area contributed by atoms with Gasteiger partial charge in [-0.1, -0.05) is 80.8 Å². The molecular weight excluding hydrogens is 547 g/mol. The first-order valence-corrected chi connectivity index (χ1v) is 14.2. The van der Waals surface area contributed by atoms with E-state index >= 15 is 0 Å². The molecule has 2 N–H and O–H groups in total. The second-order valence-electron chi connectivity index (χ2n) is 9.23. The van der Waals surface area contributed by atoms with Gasteiger partial charge in [0.15, 0.2) is 24.1 Å². The molecule has 0 saturated heterocycles. The van der Waals surface area contributed by atoms with Crippen molar-refractivity contribution in [3.05, 3.63) is 70.1 Å². The van der Waals surface area contributed by atoms with Crippen LogP contribution >= 0.6 is 15.9 Å². The Kier molecular flexibility index (Phi) is 14.7. The molecule has 4 rings (SSSR count). The minimum Gasteiger partial charge on any atom is -0.453 e. The summed E-state index contributed by atoms with van der Waals surface area (Å²) in [5.41, 5.74) is 2.86. The second kappa shape index (κ2) is 17.8. The Morgan fingerprint density at radius 1 is 0.737 bits per heavy atom. The van der Waals surface area contributed by atoms with E-state index in [1.807, 2.05) is 24.3 Å². The molecule has 0 aliphatic carbocycles. The van der Waals surface area contributed by atoms with Crippen LogP contribution in [0.5, 0.6) is 0 Å². The normalized spacial score (nSPS) is 10.4. The van der Waals surface area contributed by atoms with E-state index in [1.54, 1.807) is 12.1 Å². The van der Waals surface area contributed by atoms with Gasteiger partial charge < -0.3 is 18.9 Å². The SMILES string of the molecule is CCCCCCB(O)O.CCCCCCc1ccc2oc(C=O)cc2c1.O=Cc1cc2cc(Br)ccc2o1. The third kappa shape index (κ3) is 11.4. The van der Waals surface area contributed by atoms with Gasteiger partial charge in [-0.25, -0.2) is 0 Å². The first-order valence-electron chi connectivity index (χ1n) is 13.4. The van der Waals surface area contributed by atoms with Gasteiger partial charge >= 0.3 is 7.12 Å². The Labute approximate surface area is 233 Å². The lowest BCUT2D eigenvalue weighted by atomic mass is 9.83. The number of hydrogen-bond donors (Lipinski definition) is 2. The highest BCUT2D eigenvalue weighted by atomic mass is 79.9. The van der Waals surface area contributed by atoms with Gasteiger partial charge in [0.1, 0.15) is 11.2 Å². The van der Waals surface area contributed by atoms with Crippen LogP contribution in [0.25, 0.3) is 21.9 Å². The van der Waals surface area contributed by atoms with E-state index in [4.69, 9.17) is 18.9 Å². The fourth-order valence-corrected chi connectivity index (χ4v) is 4.31. The van der Waals surface area contributed by atoms with Crippen molar-refractivity contribution < 1.29 is 28.5 Å². The van der Waals surface area contributed by atoms with Crippen molar-refractivity contribution in [1.82, 2.24) is 0 Å². The van der Waals surface area contributed by atoms with Crippen molar-refractivity contribution in [3.63, 3.8) is 0 Å². The average molecular weight is 585 g/mol. The van der Waals surface area contributed by atoms with Gasteiger partial charge in [0.05, 0.1) is 0 Å². The summed E-state index contributed by atoms with van der Waals surface area (Å²) in [7, 11) is -1.10. The first-order chi connectivity index (χ1) is 18.4. The van der Waals surface area contributed by atoms with E-state index in [1.165, 1.54) is 44.1 Å². The molecule has 0 amide bonds. The smallest absolute Gasteiger partial charge is 0.451 e. The van der Waals surface area contributed by atoms with Crippen molar-refractivity contribution in [2.45, 2.75) is 78.0 Å². The van der Waals surface area contributed by atoms with Gasteiger partial charge in [-0.3, -0.25) is 9.59 Å². The number of aryl methyl sites for hydroxylation is 1. The molecule has 4 aromatic rings. The molecule has 2 aromatic heterocycles. The van der Waals surface area contributed by atoms with Crippen LogP contribution < -0.4 is 0 Å². The molecule has 0 bridgehead atoms. The molecule has 0 aliphatic rings. The number of halogens is 1. The Bertz CT molecular complexity index is 1250. The van der Waals surface area contributed by atoms with E-state index < -0.39 is 7.12 Å². The number of fused-ring (bicyclic) bond motifs is 2. The molecule has 8 heteroatoms. The number of aldehydes is 2. The number of furan rings is 2. The monoisotopic (exact) mass is 584 g/mol. The van der Waals surface area contributed by atoms with E-state index in [2.05, 4.69) is 41.9 Å². The summed E-state index contributed by atoms with van der Waals surface area (Å²) >= 11 is 3.33. The maximum Gasteiger partial charge on any atom is 0.451 e. The zero-order valence-electron chi connectivity index (χ0n) is 22.3. The van der Waals surface area contributed by atoms with Crippen molar-refractivity contribution in [1.29, 1.82) is 0 Å². The average Bonchev–Trinajstić information content (AvgIpc) is 3.52. The third-order valence-corrected chi connectivity index (χ3v) is 6.46. The summed E-state index contributed by atoms with van der Waals surface area (Å²) in [4.78, 5) is 21.0. The predicted octanol–water partition coefficient (Wildman–Crippen LogP) is 8.42. The lowest BCUT2D eigenvalue weighted by molar-refractivity contribution is 0.109. The predicted molar refractivity (Wildman–Crippen MR) is 158 cm³/mol. The zero-order chi connectivity index (χ0) is 27.8. The molecular formula is C30H38BBrO6. The fourth-order valence-electron chi connectivity index (χ4n) is 3.93. The molecule has 0 saturated carbocycles. The Morgan fingerprint density at radius 2 is 1.29 bits per heavy atom. The van der Waals surface area contributed by atoms with Crippen molar-refractivity contribution in [3.8, 4) is 0 Å². The van der Waals surface area contributed by atoms with Crippen LogP contribution in [0.4, 0.5) is 0 Å². The summed E-state index contributed by atoms with van der Waals surface area (Å²) in [6, 6.07) is 15.3. The standard InChI is InChI=1S/C15H18O2.C9H5BrO2.C6H15BO2/c1-2-3-4-5-6-12-7-8-15-13(9-12)10-14(11-16)17-15;10-7-1-2-9-6(3-7)4-8(5-11)12-9;1-2-3-4-5-6-7(8)9/h7-11H,2-6H2,1H3;1-5H;8-9H,2-6H2,1H3. The summed E-state index contributed by atoms with van der Waals surface area (Å²) in [5.74, 6) is 0.770. The maximum atomic E-state index is 10.6. The molecule has 0 spiro atoms.